The van der Waals surface area contributed by atoms with Crippen LogP contribution in [0.2, 0.25) is 0 Å². The molecular formula is C14H19F3N2. The van der Waals surface area contributed by atoms with E-state index < -0.39 is 12.1 Å². The Balaban J connectivity index is 2.17. The largest absolute Gasteiger partial charge is 0.399 e. The molecule has 1 heterocycles. The second-order valence-corrected chi connectivity index (χ2v) is 5.06. The van der Waals surface area contributed by atoms with Crippen LogP contribution < -0.4 is 10.6 Å². The van der Waals surface area contributed by atoms with E-state index in [2.05, 4.69) is 0 Å². The maximum Gasteiger partial charge on any atom is 0.393 e. The number of nitrogens with two attached hydrogens (primary N) is 1. The van der Waals surface area contributed by atoms with Gasteiger partial charge in [0.25, 0.3) is 0 Å². The summed E-state index contributed by atoms with van der Waals surface area (Å²) in [6, 6.07) is 5.51. The van der Waals surface area contributed by atoms with Gasteiger partial charge in [0.2, 0.25) is 0 Å². The van der Waals surface area contributed by atoms with Gasteiger partial charge < -0.3 is 10.6 Å². The van der Waals surface area contributed by atoms with Gasteiger partial charge in [-0.05, 0) is 43.0 Å². The summed E-state index contributed by atoms with van der Waals surface area (Å²) in [5.41, 5.74) is 8.37. The maximum absolute atomic E-state index is 12.8. The van der Waals surface area contributed by atoms with Gasteiger partial charge in [0.1, 0.15) is 0 Å². The molecule has 0 saturated carbocycles. The van der Waals surface area contributed by atoms with Crippen molar-refractivity contribution < 1.29 is 13.2 Å². The molecule has 2 rings (SSSR count). The van der Waals surface area contributed by atoms with Crippen molar-refractivity contribution in [2.75, 3.05) is 23.7 Å². The fourth-order valence-electron chi connectivity index (χ4n) is 2.57. The molecule has 106 valence electrons. The molecule has 0 aromatic heterocycles. The Hall–Kier alpha value is -1.39. The SMILES string of the molecule is CCc1cc(N2CCCC(C(F)(F)F)C2)ccc1N. The fraction of sp³-hybridized carbons (Fsp3) is 0.571. The summed E-state index contributed by atoms with van der Waals surface area (Å²) in [5.74, 6) is -1.22. The molecule has 19 heavy (non-hydrogen) atoms. The van der Waals surface area contributed by atoms with Gasteiger partial charge in [-0.25, -0.2) is 0 Å². The lowest BCUT2D eigenvalue weighted by Crippen LogP contribution is -2.41. The van der Waals surface area contributed by atoms with Crippen molar-refractivity contribution >= 4 is 11.4 Å². The normalized spacial score (nSPS) is 20.6. The number of aryl methyl sites for hydroxylation is 1. The van der Waals surface area contributed by atoms with Crippen molar-refractivity contribution in [3.8, 4) is 0 Å². The van der Waals surface area contributed by atoms with Gasteiger partial charge in [0.05, 0.1) is 5.92 Å². The quantitative estimate of drug-likeness (QED) is 0.833. The molecule has 1 atom stereocenters. The van der Waals surface area contributed by atoms with Gasteiger partial charge in [-0.15, -0.1) is 0 Å². The molecule has 0 spiro atoms. The molecular weight excluding hydrogens is 253 g/mol. The number of benzene rings is 1. The molecule has 1 aliphatic heterocycles. The average molecular weight is 272 g/mol. The van der Waals surface area contributed by atoms with Gasteiger partial charge in [-0.3, -0.25) is 0 Å². The zero-order valence-electron chi connectivity index (χ0n) is 11.0. The molecule has 2 nitrogen and oxygen atoms in total. The molecule has 2 N–H and O–H groups in total. The van der Waals surface area contributed by atoms with Gasteiger partial charge in [0.15, 0.2) is 0 Å². The lowest BCUT2D eigenvalue weighted by Gasteiger charge is -2.35. The van der Waals surface area contributed by atoms with Crippen molar-refractivity contribution in [1.82, 2.24) is 0 Å². The van der Waals surface area contributed by atoms with Crippen LogP contribution in [0, 0.1) is 5.92 Å². The Morgan fingerprint density at radius 2 is 2.11 bits per heavy atom. The summed E-state index contributed by atoms with van der Waals surface area (Å²) in [5, 5.41) is 0. The van der Waals surface area contributed by atoms with E-state index in [9.17, 15) is 13.2 Å². The van der Waals surface area contributed by atoms with Gasteiger partial charge >= 0.3 is 6.18 Å². The van der Waals surface area contributed by atoms with Crippen LogP contribution in [0.25, 0.3) is 0 Å². The van der Waals surface area contributed by atoms with Crippen LogP contribution in [0.3, 0.4) is 0 Å². The molecule has 1 saturated heterocycles. The Morgan fingerprint density at radius 1 is 1.37 bits per heavy atom. The van der Waals surface area contributed by atoms with Crippen LogP contribution in [0.4, 0.5) is 24.5 Å². The van der Waals surface area contributed by atoms with Crippen molar-refractivity contribution in [1.29, 1.82) is 0 Å². The number of hydrogen-bond acceptors (Lipinski definition) is 2. The summed E-state index contributed by atoms with van der Waals surface area (Å²) in [7, 11) is 0. The first-order chi connectivity index (χ1) is 8.91. The van der Waals surface area contributed by atoms with Crippen molar-refractivity contribution in [2.45, 2.75) is 32.4 Å². The van der Waals surface area contributed by atoms with Crippen LogP contribution in [-0.2, 0) is 6.42 Å². The van der Waals surface area contributed by atoms with Crippen LogP contribution in [0.1, 0.15) is 25.3 Å². The zero-order chi connectivity index (χ0) is 14.0. The predicted molar refractivity (Wildman–Crippen MR) is 71.2 cm³/mol. The molecule has 1 aliphatic rings. The van der Waals surface area contributed by atoms with E-state index in [1.54, 1.807) is 6.07 Å². The second kappa shape index (κ2) is 5.31. The molecule has 1 aromatic rings. The number of alkyl halides is 3. The third kappa shape index (κ3) is 3.14. The predicted octanol–water partition coefficient (Wildman–Crippen LogP) is 3.61. The highest BCUT2D eigenvalue weighted by Gasteiger charge is 2.41. The molecule has 1 aromatic carbocycles. The highest BCUT2D eigenvalue weighted by molar-refractivity contribution is 5.58. The summed E-state index contributed by atoms with van der Waals surface area (Å²) in [6.07, 6.45) is -2.50. The van der Waals surface area contributed by atoms with E-state index in [1.807, 2.05) is 24.0 Å². The molecule has 1 unspecified atom stereocenters. The smallest absolute Gasteiger partial charge is 0.393 e. The Kier molecular flexibility index (Phi) is 3.92. The van der Waals surface area contributed by atoms with Gasteiger partial charge in [-0.2, -0.15) is 13.2 Å². The van der Waals surface area contributed by atoms with E-state index in [4.69, 9.17) is 5.73 Å². The molecule has 0 aliphatic carbocycles. The third-order valence-electron chi connectivity index (χ3n) is 3.76. The summed E-state index contributed by atoms with van der Waals surface area (Å²) in [4.78, 5) is 1.82. The number of anilines is 2. The van der Waals surface area contributed by atoms with Crippen LogP contribution in [-0.4, -0.2) is 19.3 Å². The van der Waals surface area contributed by atoms with Crippen LogP contribution in [0.5, 0.6) is 0 Å². The number of nitrogen functional groups attached to an aromatic ring is 1. The van der Waals surface area contributed by atoms with Crippen molar-refractivity contribution in [2.24, 2.45) is 5.92 Å². The van der Waals surface area contributed by atoms with E-state index in [0.29, 0.717) is 18.7 Å². The molecule has 0 bridgehead atoms. The Labute approximate surface area is 111 Å². The number of rotatable bonds is 2. The second-order valence-electron chi connectivity index (χ2n) is 5.06. The van der Waals surface area contributed by atoms with Crippen LogP contribution in [0.15, 0.2) is 18.2 Å². The zero-order valence-corrected chi connectivity index (χ0v) is 11.0. The summed E-state index contributed by atoms with van der Waals surface area (Å²) in [6.45, 7) is 2.72. The molecule has 1 fully saturated rings. The minimum absolute atomic E-state index is 0.0522. The highest BCUT2D eigenvalue weighted by atomic mass is 19.4. The summed E-state index contributed by atoms with van der Waals surface area (Å²) < 4.78 is 38.4. The third-order valence-corrected chi connectivity index (χ3v) is 3.76. The van der Waals surface area contributed by atoms with E-state index in [0.717, 1.165) is 17.7 Å². The minimum atomic E-state index is -4.10. The first kappa shape index (κ1) is 14.0. The van der Waals surface area contributed by atoms with Crippen LogP contribution >= 0.6 is 0 Å². The monoisotopic (exact) mass is 272 g/mol. The molecule has 5 heteroatoms. The highest BCUT2D eigenvalue weighted by Crippen LogP contribution is 2.35. The van der Waals surface area contributed by atoms with Crippen molar-refractivity contribution in [3.63, 3.8) is 0 Å². The average Bonchev–Trinajstić information content (AvgIpc) is 2.38. The van der Waals surface area contributed by atoms with E-state index in [-0.39, 0.29) is 13.0 Å². The Bertz CT molecular complexity index is 443. The van der Waals surface area contributed by atoms with Gasteiger partial charge in [-0.1, -0.05) is 6.92 Å². The van der Waals surface area contributed by atoms with E-state index in [1.165, 1.54) is 0 Å². The number of hydrogen-bond donors (Lipinski definition) is 1. The molecule has 0 radical (unpaired) electrons. The standard InChI is InChI=1S/C14H19F3N2/c1-2-10-8-12(5-6-13(10)18)19-7-3-4-11(9-19)14(15,16)17/h5-6,8,11H,2-4,7,9,18H2,1H3. The fourth-order valence-corrected chi connectivity index (χ4v) is 2.57. The first-order valence-corrected chi connectivity index (χ1v) is 6.62. The Morgan fingerprint density at radius 3 is 2.74 bits per heavy atom. The lowest BCUT2D eigenvalue weighted by atomic mass is 9.96. The van der Waals surface area contributed by atoms with Crippen molar-refractivity contribution in [3.05, 3.63) is 23.8 Å². The number of halogens is 3. The number of piperidine rings is 1. The minimum Gasteiger partial charge on any atom is -0.399 e. The van der Waals surface area contributed by atoms with Gasteiger partial charge in [0, 0.05) is 24.5 Å². The molecule has 0 amide bonds. The lowest BCUT2D eigenvalue weighted by molar-refractivity contribution is -0.175. The van der Waals surface area contributed by atoms with E-state index >= 15 is 0 Å². The number of nitrogens with zero attached hydrogens (tertiary/aromatic N) is 1. The topological polar surface area (TPSA) is 29.3 Å². The first-order valence-electron chi connectivity index (χ1n) is 6.62. The summed E-state index contributed by atoms with van der Waals surface area (Å²) >= 11 is 0. The maximum atomic E-state index is 12.8.